The molecule has 0 amide bonds. The Kier molecular flexibility index (Phi) is 3.47. The van der Waals surface area contributed by atoms with Gasteiger partial charge in [-0.2, -0.15) is 9.78 Å². The first-order chi connectivity index (χ1) is 11.8. The van der Waals surface area contributed by atoms with Crippen molar-refractivity contribution in [1.29, 1.82) is 0 Å². The largest absolute Gasteiger partial charge is 0.461 e. The second-order valence-corrected chi connectivity index (χ2v) is 5.08. The van der Waals surface area contributed by atoms with Crippen LogP contribution in [0.1, 0.15) is 5.56 Å². The third kappa shape index (κ3) is 2.50. The van der Waals surface area contributed by atoms with E-state index in [0.717, 1.165) is 5.56 Å². The molecule has 0 saturated heterocycles. The van der Waals surface area contributed by atoms with Gasteiger partial charge in [0.05, 0.1) is 23.4 Å². The molecule has 0 spiro atoms. The van der Waals surface area contributed by atoms with E-state index in [9.17, 15) is 4.79 Å². The summed E-state index contributed by atoms with van der Waals surface area (Å²) in [6.45, 7) is 0. The molecule has 3 aromatic heterocycles. The SMILES string of the molecule is O=c1c2ccccc2nc(-c2ccco2)n1N=Cc1cccnc1. The van der Waals surface area contributed by atoms with E-state index < -0.39 is 0 Å². The van der Waals surface area contributed by atoms with Crippen LogP contribution in [0.25, 0.3) is 22.5 Å². The van der Waals surface area contributed by atoms with E-state index in [0.29, 0.717) is 22.5 Å². The zero-order chi connectivity index (χ0) is 16.4. The van der Waals surface area contributed by atoms with Crippen LogP contribution in [-0.4, -0.2) is 20.9 Å². The standard InChI is InChI=1S/C18H12N4O2/c23-18-14-6-1-2-7-15(14)21-17(16-8-4-10-24-16)22(18)20-12-13-5-3-9-19-11-13/h1-12H. The number of rotatable bonds is 3. The molecule has 0 fully saturated rings. The summed E-state index contributed by atoms with van der Waals surface area (Å²) in [7, 11) is 0. The lowest BCUT2D eigenvalue weighted by Crippen LogP contribution is -2.20. The predicted octanol–water partition coefficient (Wildman–Crippen LogP) is 2.93. The molecule has 0 bridgehead atoms. The van der Waals surface area contributed by atoms with E-state index in [1.54, 1.807) is 55.0 Å². The minimum Gasteiger partial charge on any atom is -0.461 e. The summed E-state index contributed by atoms with van der Waals surface area (Å²) >= 11 is 0. The minimum atomic E-state index is -0.257. The van der Waals surface area contributed by atoms with Gasteiger partial charge in [-0.1, -0.05) is 18.2 Å². The van der Waals surface area contributed by atoms with Crippen LogP contribution in [-0.2, 0) is 0 Å². The van der Waals surface area contributed by atoms with E-state index in [1.807, 2.05) is 12.1 Å². The van der Waals surface area contributed by atoms with Crippen LogP contribution in [0.15, 0.2) is 81.5 Å². The van der Waals surface area contributed by atoms with Crippen molar-refractivity contribution >= 4 is 17.1 Å². The van der Waals surface area contributed by atoms with Crippen molar-refractivity contribution in [2.24, 2.45) is 5.10 Å². The zero-order valence-electron chi connectivity index (χ0n) is 12.5. The maximum atomic E-state index is 12.8. The molecule has 0 saturated carbocycles. The Morgan fingerprint density at radius 3 is 2.79 bits per heavy atom. The van der Waals surface area contributed by atoms with Gasteiger partial charge < -0.3 is 4.42 Å². The minimum absolute atomic E-state index is 0.257. The highest BCUT2D eigenvalue weighted by Crippen LogP contribution is 2.19. The van der Waals surface area contributed by atoms with Crippen LogP contribution in [0, 0.1) is 0 Å². The van der Waals surface area contributed by atoms with Gasteiger partial charge in [0, 0.05) is 18.0 Å². The maximum absolute atomic E-state index is 12.8. The highest BCUT2D eigenvalue weighted by atomic mass is 16.3. The summed E-state index contributed by atoms with van der Waals surface area (Å²) < 4.78 is 6.65. The van der Waals surface area contributed by atoms with Crippen molar-refractivity contribution in [3.8, 4) is 11.6 Å². The molecule has 24 heavy (non-hydrogen) atoms. The van der Waals surface area contributed by atoms with E-state index in [-0.39, 0.29) is 5.56 Å². The molecular weight excluding hydrogens is 304 g/mol. The van der Waals surface area contributed by atoms with Gasteiger partial charge >= 0.3 is 0 Å². The third-order valence-electron chi connectivity index (χ3n) is 3.50. The molecule has 0 radical (unpaired) electrons. The first-order valence-electron chi connectivity index (χ1n) is 7.33. The van der Waals surface area contributed by atoms with Crippen molar-refractivity contribution in [3.63, 3.8) is 0 Å². The quantitative estimate of drug-likeness (QED) is 0.545. The van der Waals surface area contributed by atoms with Crippen LogP contribution in [0.3, 0.4) is 0 Å². The monoisotopic (exact) mass is 316 g/mol. The molecule has 4 aromatic rings. The molecule has 116 valence electrons. The van der Waals surface area contributed by atoms with Gasteiger partial charge in [0.1, 0.15) is 0 Å². The van der Waals surface area contributed by atoms with Crippen LogP contribution in [0.5, 0.6) is 0 Å². The smallest absolute Gasteiger partial charge is 0.282 e. The van der Waals surface area contributed by atoms with Crippen molar-refractivity contribution in [2.45, 2.75) is 0 Å². The second-order valence-electron chi connectivity index (χ2n) is 5.08. The van der Waals surface area contributed by atoms with Crippen molar-refractivity contribution in [1.82, 2.24) is 14.6 Å². The molecule has 0 aliphatic rings. The summed E-state index contributed by atoms with van der Waals surface area (Å²) in [5.41, 5.74) is 1.12. The Balaban J connectivity index is 1.95. The van der Waals surface area contributed by atoms with E-state index in [2.05, 4.69) is 15.1 Å². The molecule has 0 unspecified atom stereocenters. The fourth-order valence-electron chi connectivity index (χ4n) is 2.37. The van der Waals surface area contributed by atoms with Crippen LogP contribution >= 0.6 is 0 Å². The summed E-state index contributed by atoms with van der Waals surface area (Å²) in [4.78, 5) is 21.4. The Morgan fingerprint density at radius 1 is 1.08 bits per heavy atom. The highest BCUT2D eigenvalue weighted by molar-refractivity contribution is 5.81. The van der Waals surface area contributed by atoms with E-state index in [1.165, 1.54) is 10.9 Å². The number of para-hydroxylation sites is 1. The highest BCUT2D eigenvalue weighted by Gasteiger charge is 2.13. The number of hydrogen-bond donors (Lipinski definition) is 0. The lowest BCUT2D eigenvalue weighted by Gasteiger charge is -2.07. The average molecular weight is 316 g/mol. The number of hydrogen-bond acceptors (Lipinski definition) is 5. The predicted molar refractivity (Wildman–Crippen MR) is 90.9 cm³/mol. The van der Waals surface area contributed by atoms with Gasteiger partial charge in [0.25, 0.3) is 5.56 Å². The Morgan fingerprint density at radius 2 is 2.00 bits per heavy atom. The first kappa shape index (κ1) is 14.1. The first-order valence-corrected chi connectivity index (χ1v) is 7.33. The number of furan rings is 1. The van der Waals surface area contributed by atoms with Gasteiger partial charge in [0.2, 0.25) is 5.82 Å². The van der Waals surface area contributed by atoms with Gasteiger partial charge in [0.15, 0.2) is 5.76 Å². The number of benzene rings is 1. The molecular formula is C18H12N4O2. The zero-order valence-corrected chi connectivity index (χ0v) is 12.5. The Labute approximate surface area is 136 Å². The number of pyridine rings is 1. The molecule has 6 nitrogen and oxygen atoms in total. The van der Waals surface area contributed by atoms with E-state index in [4.69, 9.17) is 4.42 Å². The number of nitrogens with zero attached hydrogens (tertiary/aromatic N) is 4. The van der Waals surface area contributed by atoms with Crippen molar-refractivity contribution in [3.05, 3.63) is 83.1 Å². The summed E-state index contributed by atoms with van der Waals surface area (Å²) in [5.74, 6) is 0.824. The molecule has 0 atom stereocenters. The lowest BCUT2D eigenvalue weighted by molar-refractivity contribution is 0.571. The molecule has 3 heterocycles. The Hall–Kier alpha value is -3.54. The van der Waals surface area contributed by atoms with Crippen molar-refractivity contribution in [2.75, 3.05) is 0 Å². The normalized spacial score (nSPS) is 11.3. The van der Waals surface area contributed by atoms with Crippen LogP contribution in [0.4, 0.5) is 0 Å². The molecule has 1 aromatic carbocycles. The average Bonchev–Trinajstić information content (AvgIpc) is 3.16. The summed E-state index contributed by atoms with van der Waals surface area (Å²) in [6, 6.07) is 14.3. The van der Waals surface area contributed by atoms with Gasteiger partial charge in [-0.15, -0.1) is 0 Å². The van der Waals surface area contributed by atoms with Gasteiger partial charge in [-0.25, -0.2) is 4.98 Å². The van der Waals surface area contributed by atoms with E-state index >= 15 is 0 Å². The number of aromatic nitrogens is 3. The van der Waals surface area contributed by atoms with Crippen LogP contribution in [0.2, 0.25) is 0 Å². The molecule has 0 N–H and O–H groups in total. The number of fused-ring (bicyclic) bond motifs is 1. The maximum Gasteiger partial charge on any atom is 0.282 e. The summed E-state index contributed by atoms with van der Waals surface area (Å²) in [6.07, 6.45) is 6.44. The second kappa shape index (κ2) is 5.92. The molecule has 0 aliphatic heterocycles. The van der Waals surface area contributed by atoms with Crippen LogP contribution < -0.4 is 5.56 Å². The molecule has 0 aliphatic carbocycles. The Bertz CT molecular complexity index is 1070. The lowest BCUT2D eigenvalue weighted by atomic mass is 10.2. The van der Waals surface area contributed by atoms with Crippen molar-refractivity contribution < 1.29 is 4.42 Å². The fraction of sp³-hybridized carbons (Fsp3) is 0. The van der Waals surface area contributed by atoms with Gasteiger partial charge in [-0.05, 0) is 30.3 Å². The topological polar surface area (TPSA) is 73.3 Å². The molecule has 6 heteroatoms. The van der Waals surface area contributed by atoms with Gasteiger partial charge in [-0.3, -0.25) is 9.78 Å². The summed E-state index contributed by atoms with van der Waals surface area (Å²) in [5, 5.41) is 4.80. The third-order valence-corrected chi connectivity index (χ3v) is 3.50. The molecule has 4 rings (SSSR count). The fourth-order valence-corrected chi connectivity index (χ4v) is 2.37.